The summed E-state index contributed by atoms with van der Waals surface area (Å²) in [5.41, 5.74) is 1.52. The molecule has 0 bridgehead atoms. The molecule has 0 radical (unpaired) electrons. The van der Waals surface area contributed by atoms with E-state index in [2.05, 4.69) is 10.0 Å². The van der Waals surface area contributed by atoms with Gasteiger partial charge in [-0.1, -0.05) is 18.2 Å². The first-order chi connectivity index (χ1) is 11.8. The zero-order valence-electron chi connectivity index (χ0n) is 14.0. The summed E-state index contributed by atoms with van der Waals surface area (Å²) in [6, 6.07) is 13.4. The van der Waals surface area contributed by atoms with E-state index in [9.17, 15) is 13.2 Å². The van der Waals surface area contributed by atoms with Gasteiger partial charge in [-0.3, -0.25) is 4.79 Å². The molecule has 132 valence electrons. The fourth-order valence-corrected chi connectivity index (χ4v) is 3.90. The molecule has 3 rings (SSSR count). The number of para-hydroxylation sites is 1. The van der Waals surface area contributed by atoms with E-state index in [1.165, 1.54) is 12.1 Å². The van der Waals surface area contributed by atoms with Crippen LogP contribution in [-0.4, -0.2) is 26.5 Å². The standard InChI is InChI=1S/C18H20N2O4S/c1-12(2)20-25(22,23)15-9-7-14(8-10-15)19-18(21)17-11-13-5-3-4-6-16(13)24-17/h3-10,12,17,20H,11H2,1-2H3,(H,19,21)/t17-/m0/s1. The van der Waals surface area contributed by atoms with Crippen molar-refractivity contribution in [3.8, 4) is 5.75 Å². The van der Waals surface area contributed by atoms with Crippen LogP contribution in [0.4, 0.5) is 5.69 Å². The van der Waals surface area contributed by atoms with Crippen LogP contribution in [0.3, 0.4) is 0 Å². The van der Waals surface area contributed by atoms with E-state index < -0.39 is 16.1 Å². The van der Waals surface area contributed by atoms with Crippen LogP contribution < -0.4 is 14.8 Å². The summed E-state index contributed by atoms with van der Waals surface area (Å²) in [7, 11) is -3.54. The number of benzene rings is 2. The number of ether oxygens (including phenoxy) is 1. The minimum absolute atomic E-state index is 0.156. The monoisotopic (exact) mass is 360 g/mol. The van der Waals surface area contributed by atoms with Gasteiger partial charge in [0, 0.05) is 18.2 Å². The first-order valence-electron chi connectivity index (χ1n) is 8.03. The van der Waals surface area contributed by atoms with Gasteiger partial charge in [-0.2, -0.15) is 0 Å². The number of rotatable bonds is 5. The van der Waals surface area contributed by atoms with Gasteiger partial charge in [0.25, 0.3) is 5.91 Å². The van der Waals surface area contributed by atoms with E-state index in [4.69, 9.17) is 4.74 Å². The second-order valence-electron chi connectivity index (χ2n) is 6.21. The molecule has 6 nitrogen and oxygen atoms in total. The Labute approximate surface area is 147 Å². The van der Waals surface area contributed by atoms with Gasteiger partial charge in [0.15, 0.2) is 6.10 Å². The Morgan fingerprint density at radius 3 is 2.44 bits per heavy atom. The molecule has 1 aliphatic rings. The molecule has 1 heterocycles. The molecule has 2 aromatic rings. The first-order valence-corrected chi connectivity index (χ1v) is 9.51. The van der Waals surface area contributed by atoms with Crippen molar-refractivity contribution in [3.63, 3.8) is 0 Å². The van der Waals surface area contributed by atoms with E-state index in [0.29, 0.717) is 12.1 Å². The molecule has 2 N–H and O–H groups in total. The van der Waals surface area contributed by atoms with Crippen molar-refractivity contribution in [1.82, 2.24) is 4.72 Å². The maximum Gasteiger partial charge on any atom is 0.265 e. The Balaban J connectivity index is 1.65. The fraction of sp³-hybridized carbons (Fsp3) is 0.278. The third kappa shape index (κ3) is 4.00. The summed E-state index contributed by atoms with van der Waals surface area (Å²) >= 11 is 0. The smallest absolute Gasteiger partial charge is 0.265 e. The molecular formula is C18H20N2O4S. The predicted octanol–water partition coefficient (Wildman–Crippen LogP) is 2.32. The van der Waals surface area contributed by atoms with Gasteiger partial charge >= 0.3 is 0 Å². The van der Waals surface area contributed by atoms with Crippen molar-refractivity contribution in [1.29, 1.82) is 0 Å². The summed E-state index contributed by atoms with van der Waals surface area (Å²) in [6.45, 7) is 3.51. The lowest BCUT2D eigenvalue weighted by Gasteiger charge is -2.13. The van der Waals surface area contributed by atoms with Crippen molar-refractivity contribution in [2.75, 3.05) is 5.32 Å². The molecule has 0 aliphatic carbocycles. The molecule has 0 saturated carbocycles. The molecule has 1 atom stereocenters. The Kier molecular flexibility index (Phi) is 4.78. The lowest BCUT2D eigenvalue weighted by molar-refractivity contribution is -0.122. The summed E-state index contributed by atoms with van der Waals surface area (Å²) in [5, 5.41) is 2.76. The molecule has 0 fully saturated rings. The van der Waals surface area contributed by atoms with Gasteiger partial charge in [0.1, 0.15) is 5.75 Å². The molecule has 1 aliphatic heterocycles. The van der Waals surface area contributed by atoms with E-state index in [1.54, 1.807) is 26.0 Å². The van der Waals surface area contributed by atoms with Crippen molar-refractivity contribution in [2.24, 2.45) is 0 Å². The van der Waals surface area contributed by atoms with Crippen molar-refractivity contribution in [3.05, 3.63) is 54.1 Å². The quantitative estimate of drug-likeness (QED) is 0.857. The number of carbonyl (C=O) groups excluding carboxylic acids is 1. The Bertz CT molecular complexity index is 851. The molecule has 25 heavy (non-hydrogen) atoms. The number of fused-ring (bicyclic) bond motifs is 1. The van der Waals surface area contributed by atoms with Crippen LogP contribution in [0.2, 0.25) is 0 Å². The normalized spacial score (nSPS) is 16.4. The van der Waals surface area contributed by atoms with E-state index >= 15 is 0 Å². The second-order valence-corrected chi connectivity index (χ2v) is 7.92. The van der Waals surface area contributed by atoms with Gasteiger partial charge in [0.05, 0.1) is 4.90 Å². The SMILES string of the molecule is CC(C)NS(=O)(=O)c1ccc(NC(=O)[C@@H]2Cc3ccccc3O2)cc1. The van der Waals surface area contributed by atoms with Crippen LogP contribution in [0, 0.1) is 0 Å². The molecule has 1 amide bonds. The third-order valence-corrected chi connectivity index (χ3v) is 5.44. The van der Waals surface area contributed by atoms with Crippen LogP contribution in [0.1, 0.15) is 19.4 Å². The maximum atomic E-state index is 12.3. The molecule has 0 unspecified atom stereocenters. The molecule has 0 spiro atoms. The largest absolute Gasteiger partial charge is 0.480 e. The molecule has 0 saturated heterocycles. The summed E-state index contributed by atoms with van der Waals surface area (Å²) < 4.78 is 32.3. The zero-order chi connectivity index (χ0) is 18.0. The van der Waals surface area contributed by atoms with Gasteiger partial charge in [0.2, 0.25) is 10.0 Å². The van der Waals surface area contributed by atoms with Crippen LogP contribution in [0.15, 0.2) is 53.4 Å². The van der Waals surface area contributed by atoms with Crippen LogP contribution in [-0.2, 0) is 21.2 Å². The van der Waals surface area contributed by atoms with E-state index in [-0.39, 0.29) is 16.8 Å². The van der Waals surface area contributed by atoms with Crippen molar-refractivity contribution < 1.29 is 17.9 Å². The van der Waals surface area contributed by atoms with E-state index in [0.717, 1.165) is 11.3 Å². The van der Waals surface area contributed by atoms with E-state index in [1.807, 2.05) is 24.3 Å². The Morgan fingerprint density at radius 1 is 1.12 bits per heavy atom. The number of sulfonamides is 1. The summed E-state index contributed by atoms with van der Waals surface area (Å²) in [4.78, 5) is 12.5. The minimum atomic E-state index is -3.54. The first kappa shape index (κ1) is 17.4. The van der Waals surface area contributed by atoms with Gasteiger partial charge in [-0.05, 0) is 49.7 Å². The van der Waals surface area contributed by atoms with Crippen molar-refractivity contribution in [2.45, 2.75) is 37.3 Å². The zero-order valence-corrected chi connectivity index (χ0v) is 14.8. The molecule has 2 aromatic carbocycles. The number of carbonyl (C=O) groups is 1. The van der Waals surface area contributed by atoms with Gasteiger partial charge in [-0.15, -0.1) is 0 Å². The summed E-state index contributed by atoms with van der Waals surface area (Å²) in [5.74, 6) is 0.468. The maximum absolute atomic E-state index is 12.3. The van der Waals surface area contributed by atoms with Crippen molar-refractivity contribution >= 4 is 21.6 Å². The highest BCUT2D eigenvalue weighted by molar-refractivity contribution is 7.89. The van der Waals surface area contributed by atoms with Gasteiger partial charge in [-0.25, -0.2) is 13.1 Å². The lowest BCUT2D eigenvalue weighted by Crippen LogP contribution is -2.31. The highest BCUT2D eigenvalue weighted by atomic mass is 32.2. The average molecular weight is 360 g/mol. The predicted molar refractivity (Wildman–Crippen MR) is 95.1 cm³/mol. The highest BCUT2D eigenvalue weighted by Crippen LogP contribution is 2.28. The fourth-order valence-electron chi connectivity index (χ4n) is 2.65. The van der Waals surface area contributed by atoms with Crippen LogP contribution in [0.25, 0.3) is 0 Å². The number of nitrogens with one attached hydrogen (secondary N) is 2. The second kappa shape index (κ2) is 6.85. The molecule has 7 heteroatoms. The molecular weight excluding hydrogens is 340 g/mol. The topological polar surface area (TPSA) is 84.5 Å². The minimum Gasteiger partial charge on any atom is -0.480 e. The molecule has 0 aromatic heterocycles. The van der Waals surface area contributed by atoms with Crippen LogP contribution >= 0.6 is 0 Å². The lowest BCUT2D eigenvalue weighted by atomic mass is 10.1. The number of anilines is 1. The average Bonchev–Trinajstić information content (AvgIpc) is 2.98. The van der Waals surface area contributed by atoms with Gasteiger partial charge < -0.3 is 10.1 Å². The highest BCUT2D eigenvalue weighted by Gasteiger charge is 2.28. The number of hydrogen-bond donors (Lipinski definition) is 2. The Hall–Kier alpha value is -2.38. The van der Waals surface area contributed by atoms with Crippen LogP contribution in [0.5, 0.6) is 5.75 Å². The number of hydrogen-bond acceptors (Lipinski definition) is 4. The number of amides is 1. The summed E-state index contributed by atoms with van der Waals surface area (Å²) in [6.07, 6.45) is -0.0596. The Morgan fingerprint density at radius 2 is 1.80 bits per heavy atom. The third-order valence-electron chi connectivity index (χ3n) is 3.76.